The molecular formula is C36H40Cl2N2O8S. The Morgan fingerprint density at radius 2 is 1.35 bits per heavy atom. The molecule has 4 aromatic carbocycles. The molecule has 2 atom stereocenters. The van der Waals surface area contributed by atoms with Crippen LogP contribution in [0.2, 0.25) is 10.0 Å². The van der Waals surface area contributed by atoms with Crippen LogP contribution >= 0.6 is 23.2 Å². The summed E-state index contributed by atoms with van der Waals surface area (Å²) in [6.45, 7) is -0.0317. The van der Waals surface area contributed by atoms with E-state index in [0.29, 0.717) is 46.5 Å². The van der Waals surface area contributed by atoms with Crippen molar-refractivity contribution in [2.24, 2.45) is 5.92 Å². The molecule has 262 valence electrons. The summed E-state index contributed by atoms with van der Waals surface area (Å²) in [7, 11) is 2.03. The van der Waals surface area contributed by atoms with Crippen molar-refractivity contribution >= 4 is 39.2 Å². The minimum absolute atomic E-state index is 0.0107. The van der Waals surface area contributed by atoms with E-state index in [2.05, 4.69) is 5.32 Å². The van der Waals surface area contributed by atoms with Gasteiger partial charge in [-0.25, -0.2) is 8.42 Å². The lowest BCUT2D eigenvalue weighted by Crippen LogP contribution is -2.44. The Kier molecular flexibility index (Phi) is 13.6. The van der Waals surface area contributed by atoms with Crippen LogP contribution in [-0.2, 0) is 27.7 Å². The summed E-state index contributed by atoms with van der Waals surface area (Å²) in [5.41, 5.74) is 2.17. The Balaban J connectivity index is 1.69. The predicted octanol–water partition coefficient (Wildman–Crippen LogP) is 6.54. The maximum atomic E-state index is 14.1. The molecule has 0 aliphatic heterocycles. The summed E-state index contributed by atoms with van der Waals surface area (Å²) in [6.07, 6.45) is 0.775. The topological polar surface area (TPSA) is 124 Å². The zero-order valence-corrected chi connectivity index (χ0v) is 30.0. The van der Waals surface area contributed by atoms with Crippen LogP contribution in [0.25, 0.3) is 0 Å². The summed E-state index contributed by atoms with van der Waals surface area (Å²) in [5.74, 6) is -0.271. The van der Waals surface area contributed by atoms with Crippen molar-refractivity contribution < 1.29 is 37.3 Å². The highest BCUT2D eigenvalue weighted by molar-refractivity contribution is 7.89. The van der Waals surface area contributed by atoms with Gasteiger partial charge in [0.05, 0.1) is 39.3 Å². The number of ether oxygens (including phenoxy) is 4. The number of hydrogen-bond acceptors (Lipinski definition) is 8. The third-order valence-corrected chi connectivity index (χ3v) is 10.6. The van der Waals surface area contributed by atoms with Gasteiger partial charge in [0.25, 0.3) is 0 Å². The molecular weight excluding hydrogens is 691 g/mol. The summed E-state index contributed by atoms with van der Waals surface area (Å²) < 4.78 is 51.0. The van der Waals surface area contributed by atoms with Gasteiger partial charge in [0.2, 0.25) is 10.0 Å². The van der Waals surface area contributed by atoms with Crippen LogP contribution in [0.3, 0.4) is 0 Å². The highest BCUT2D eigenvalue weighted by atomic mass is 35.5. The van der Waals surface area contributed by atoms with Crippen molar-refractivity contribution in [2.45, 2.75) is 23.8 Å². The lowest BCUT2D eigenvalue weighted by atomic mass is 9.92. The molecule has 0 fully saturated rings. The average Bonchev–Trinajstić information content (AvgIpc) is 3.10. The van der Waals surface area contributed by atoms with Gasteiger partial charge >= 0.3 is 5.97 Å². The molecule has 4 rings (SSSR count). The number of rotatable bonds is 18. The standard InChI is InChI=1S/C36H40Cl2N2O8S/c1-45-31-14-10-24(20-33(31)47-3)16-18-39-35(28-13-12-26(37)22-30(28)38)29(36(41)42)23-40(49(43,44)27-8-6-5-7-9-27)19-17-25-11-15-32(46-2)34(21-25)48-4/h5-15,20-22,29,35,39H,16-19,23H2,1-4H3,(H,41,42). The second-order valence-corrected chi connectivity index (χ2v) is 13.9. The second-order valence-electron chi connectivity index (χ2n) is 11.1. The molecule has 0 saturated carbocycles. The fraction of sp³-hybridized carbons (Fsp3) is 0.306. The van der Waals surface area contributed by atoms with Crippen molar-refractivity contribution in [1.82, 2.24) is 9.62 Å². The summed E-state index contributed by atoms with van der Waals surface area (Å²) in [4.78, 5) is 13.2. The fourth-order valence-corrected chi connectivity index (χ4v) is 7.53. The van der Waals surface area contributed by atoms with E-state index in [1.165, 1.54) is 36.7 Å². The van der Waals surface area contributed by atoms with Gasteiger partial charge in [-0.05, 0) is 84.6 Å². The zero-order valence-electron chi connectivity index (χ0n) is 27.7. The summed E-state index contributed by atoms with van der Waals surface area (Å²) in [6, 6.07) is 22.7. The van der Waals surface area contributed by atoms with Crippen molar-refractivity contribution in [3.05, 3.63) is 112 Å². The number of carboxylic acids is 1. The SMILES string of the molecule is COc1ccc(CCNC(c2ccc(Cl)cc2Cl)C(CN(CCc2ccc(OC)c(OC)c2)S(=O)(=O)c2ccccc2)C(=O)O)cc1OC. The first kappa shape index (κ1) is 37.8. The van der Waals surface area contributed by atoms with Gasteiger partial charge < -0.3 is 29.4 Å². The number of benzene rings is 4. The molecule has 13 heteroatoms. The van der Waals surface area contributed by atoms with Crippen LogP contribution in [0.4, 0.5) is 0 Å². The van der Waals surface area contributed by atoms with Gasteiger partial charge in [-0.1, -0.05) is 59.6 Å². The van der Waals surface area contributed by atoms with Crippen LogP contribution in [0.15, 0.2) is 89.8 Å². The molecule has 0 spiro atoms. The van der Waals surface area contributed by atoms with Crippen molar-refractivity contribution in [3.8, 4) is 23.0 Å². The summed E-state index contributed by atoms with van der Waals surface area (Å²) in [5, 5.41) is 14.7. The van der Waals surface area contributed by atoms with E-state index in [1.807, 2.05) is 18.2 Å². The van der Waals surface area contributed by atoms with Gasteiger partial charge in [-0.2, -0.15) is 4.31 Å². The van der Waals surface area contributed by atoms with E-state index in [-0.39, 0.29) is 29.4 Å². The van der Waals surface area contributed by atoms with Crippen LogP contribution < -0.4 is 24.3 Å². The van der Waals surface area contributed by atoms with E-state index >= 15 is 0 Å². The highest BCUT2D eigenvalue weighted by Crippen LogP contribution is 2.34. The number of nitrogens with one attached hydrogen (secondary N) is 1. The molecule has 0 bridgehead atoms. The van der Waals surface area contributed by atoms with Crippen LogP contribution in [0.1, 0.15) is 22.7 Å². The minimum atomic E-state index is -4.13. The number of methoxy groups -OCH3 is 4. The maximum absolute atomic E-state index is 14.1. The Morgan fingerprint density at radius 3 is 1.88 bits per heavy atom. The largest absolute Gasteiger partial charge is 0.493 e. The Morgan fingerprint density at radius 1 is 0.776 bits per heavy atom. The number of nitrogens with zero attached hydrogens (tertiary/aromatic N) is 1. The number of carbonyl (C=O) groups is 1. The molecule has 2 unspecified atom stereocenters. The molecule has 0 radical (unpaired) electrons. The van der Waals surface area contributed by atoms with Gasteiger partial charge in [0.1, 0.15) is 0 Å². The third kappa shape index (κ3) is 9.58. The highest BCUT2D eigenvalue weighted by Gasteiger charge is 2.36. The smallest absolute Gasteiger partial charge is 0.309 e. The van der Waals surface area contributed by atoms with E-state index in [1.54, 1.807) is 62.8 Å². The summed E-state index contributed by atoms with van der Waals surface area (Å²) >= 11 is 12.9. The average molecular weight is 732 g/mol. The number of aliphatic carboxylic acids is 1. The number of halogens is 2. The quantitative estimate of drug-likeness (QED) is 0.118. The molecule has 49 heavy (non-hydrogen) atoms. The van der Waals surface area contributed by atoms with Crippen molar-refractivity contribution in [2.75, 3.05) is 48.1 Å². The van der Waals surface area contributed by atoms with Gasteiger partial charge in [-0.3, -0.25) is 4.79 Å². The molecule has 0 aliphatic rings. The fourth-order valence-electron chi connectivity index (χ4n) is 5.52. The molecule has 0 aliphatic carbocycles. The van der Waals surface area contributed by atoms with Crippen molar-refractivity contribution in [3.63, 3.8) is 0 Å². The second kappa shape index (κ2) is 17.6. The molecule has 2 N–H and O–H groups in total. The van der Waals surface area contributed by atoms with Crippen molar-refractivity contribution in [1.29, 1.82) is 0 Å². The Labute approximate surface area is 297 Å². The Bertz CT molecular complexity index is 1830. The van der Waals surface area contributed by atoms with Crippen LogP contribution in [-0.4, -0.2) is 71.9 Å². The van der Waals surface area contributed by atoms with Crippen LogP contribution in [0.5, 0.6) is 23.0 Å². The lowest BCUT2D eigenvalue weighted by molar-refractivity contribution is -0.143. The Hall–Kier alpha value is -4.00. The predicted molar refractivity (Wildman–Crippen MR) is 190 cm³/mol. The first-order valence-electron chi connectivity index (χ1n) is 15.4. The number of hydrogen-bond donors (Lipinski definition) is 2. The molecule has 10 nitrogen and oxygen atoms in total. The number of carboxylic acid groups (broad SMARTS) is 1. The van der Waals surface area contributed by atoms with Gasteiger partial charge in [0, 0.05) is 29.2 Å². The van der Waals surface area contributed by atoms with E-state index < -0.39 is 28.0 Å². The monoisotopic (exact) mass is 730 g/mol. The van der Waals surface area contributed by atoms with E-state index in [9.17, 15) is 18.3 Å². The molecule has 4 aromatic rings. The third-order valence-electron chi connectivity index (χ3n) is 8.12. The minimum Gasteiger partial charge on any atom is -0.493 e. The molecule has 0 aromatic heterocycles. The first-order chi connectivity index (χ1) is 23.5. The maximum Gasteiger partial charge on any atom is 0.309 e. The first-order valence-corrected chi connectivity index (χ1v) is 17.6. The van der Waals surface area contributed by atoms with E-state index in [0.717, 1.165) is 11.1 Å². The normalized spacial score (nSPS) is 12.7. The molecule has 0 heterocycles. The van der Waals surface area contributed by atoms with Crippen LogP contribution in [0, 0.1) is 5.92 Å². The number of sulfonamides is 1. The van der Waals surface area contributed by atoms with Gasteiger partial charge in [0.15, 0.2) is 23.0 Å². The molecule has 0 saturated heterocycles. The van der Waals surface area contributed by atoms with Gasteiger partial charge in [-0.15, -0.1) is 0 Å². The zero-order chi connectivity index (χ0) is 35.6. The molecule has 0 amide bonds. The van der Waals surface area contributed by atoms with E-state index in [4.69, 9.17) is 42.1 Å². The lowest BCUT2D eigenvalue weighted by Gasteiger charge is -2.31.